The Balaban J connectivity index is 1.39. The molecule has 2 aliphatic rings. The van der Waals surface area contributed by atoms with Crippen molar-refractivity contribution in [1.82, 2.24) is 10.2 Å². The number of aliphatic hydroxyl groups is 1. The van der Waals surface area contributed by atoms with Gasteiger partial charge in [-0.1, -0.05) is 30.3 Å². The molecule has 136 valence electrons. The maximum absolute atomic E-state index is 12.3. The van der Waals surface area contributed by atoms with Gasteiger partial charge in [0, 0.05) is 13.1 Å². The lowest BCUT2D eigenvalue weighted by Crippen LogP contribution is -2.46. The van der Waals surface area contributed by atoms with Crippen LogP contribution in [0, 0.1) is 11.8 Å². The van der Waals surface area contributed by atoms with Gasteiger partial charge < -0.3 is 15.3 Å². The minimum absolute atomic E-state index is 0.0148. The highest BCUT2D eigenvalue weighted by Crippen LogP contribution is 2.25. The number of carbonyl (C=O) groups excluding carboxylic acids is 2. The molecule has 0 radical (unpaired) electrons. The van der Waals surface area contributed by atoms with Crippen molar-refractivity contribution < 1.29 is 14.7 Å². The summed E-state index contributed by atoms with van der Waals surface area (Å²) < 4.78 is 0. The number of likely N-dealkylation sites (tertiary alicyclic amines) is 1. The standard InChI is InChI=1S/C20H28N2O3/c23-18-8-4-7-17(18)20(25)21-14-19(24)22-11-9-16(10-12-22)13-15-5-2-1-3-6-15/h1-3,5-6,16-18,23H,4,7-14H2,(H,21,25). The van der Waals surface area contributed by atoms with Crippen LogP contribution in [0.1, 0.15) is 37.7 Å². The van der Waals surface area contributed by atoms with Crippen molar-refractivity contribution >= 4 is 11.8 Å². The summed E-state index contributed by atoms with van der Waals surface area (Å²) in [6.07, 6.45) is 4.81. The van der Waals surface area contributed by atoms with Crippen LogP contribution >= 0.6 is 0 Å². The van der Waals surface area contributed by atoms with Crippen LogP contribution < -0.4 is 5.32 Å². The van der Waals surface area contributed by atoms with Crippen molar-refractivity contribution in [2.75, 3.05) is 19.6 Å². The van der Waals surface area contributed by atoms with Crippen molar-refractivity contribution in [2.45, 2.75) is 44.6 Å². The minimum atomic E-state index is -0.552. The Kier molecular flexibility index (Phi) is 6.08. The highest BCUT2D eigenvalue weighted by Gasteiger charge is 2.32. The van der Waals surface area contributed by atoms with Gasteiger partial charge >= 0.3 is 0 Å². The summed E-state index contributed by atoms with van der Waals surface area (Å²) in [7, 11) is 0. The molecule has 3 rings (SSSR count). The molecule has 1 saturated heterocycles. The Morgan fingerprint density at radius 3 is 2.44 bits per heavy atom. The van der Waals surface area contributed by atoms with Crippen LogP contribution in [0.5, 0.6) is 0 Å². The number of amides is 2. The van der Waals surface area contributed by atoms with E-state index in [-0.39, 0.29) is 24.3 Å². The van der Waals surface area contributed by atoms with Gasteiger partial charge in [-0.15, -0.1) is 0 Å². The Labute approximate surface area is 149 Å². The van der Waals surface area contributed by atoms with Gasteiger partial charge in [0.2, 0.25) is 11.8 Å². The summed E-state index contributed by atoms with van der Waals surface area (Å²) in [4.78, 5) is 26.2. The zero-order valence-corrected chi connectivity index (χ0v) is 14.7. The van der Waals surface area contributed by atoms with Gasteiger partial charge in [0.25, 0.3) is 0 Å². The van der Waals surface area contributed by atoms with E-state index >= 15 is 0 Å². The largest absolute Gasteiger partial charge is 0.392 e. The van der Waals surface area contributed by atoms with Crippen molar-refractivity contribution in [1.29, 1.82) is 0 Å². The molecule has 0 aromatic heterocycles. The van der Waals surface area contributed by atoms with E-state index in [1.807, 2.05) is 11.0 Å². The first-order valence-corrected chi connectivity index (χ1v) is 9.41. The van der Waals surface area contributed by atoms with Gasteiger partial charge in [0.05, 0.1) is 18.6 Å². The van der Waals surface area contributed by atoms with E-state index in [1.165, 1.54) is 5.56 Å². The molecule has 2 unspecified atom stereocenters. The Bertz CT molecular complexity index is 582. The first-order valence-electron chi connectivity index (χ1n) is 9.41. The maximum Gasteiger partial charge on any atom is 0.241 e. The van der Waals surface area contributed by atoms with Gasteiger partial charge in [0.15, 0.2) is 0 Å². The first kappa shape index (κ1) is 17.9. The summed E-state index contributed by atoms with van der Waals surface area (Å²) in [5.74, 6) is 0.0791. The van der Waals surface area contributed by atoms with Gasteiger partial charge in [-0.2, -0.15) is 0 Å². The highest BCUT2D eigenvalue weighted by molar-refractivity contribution is 5.86. The molecule has 1 heterocycles. The van der Waals surface area contributed by atoms with Crippen molar-refractivity contribution in [3.05, 3.63) is 35.9 Å². The van der Waals surface area contributed by atoms with E-state index in [0.29, 0.717) is 18.8 Å². The predicted octanol–water partition coefficient (Wildman–Crippen LogP) is 1.74. The topological polar surface area (TPSA) is 69.6 Å². The molecular formula is C20H28N2O3. The lowest BCUT2D eigenvalue weighted by molar-refractivity contribution is -0.135. The summed E-state index contributed by atoms with van der Waals surface area (Å²) in [5, 5.41) is 12.5. The van der Waals surface area contributed by atoms with E-state index in [1.54, 1.807) is 0 Å². The zero-order valence-electron chi connectivity index (χ0n) is 14.7. The van der Waals surface area contributed by atoms with Crippen LogP contribution in [-0.2, 0) is 16.0 Å². The summed E-state index contributed by atoms with van der Waals surface area (Å²) in [6.45, 7) is 1.57. The molecule has 2 amide bonds. The summed E-state index contributed by atoms with van der Waals surface area (Å²) in [5.41, 5.74) is 1.36. The number of hydrogen-bond acceptors (Lipinski definition) is 3. The first-order chi connectivity index (χ1) is 12.1. The number of rotatable bonds is 5. The Morgan fingerprint density at radius 2 is 1.80 bits per heavy atom. The lowest BCUT2D eigenvalue weighted by atomic mass is 9.90. The number of carbonyl (C=O) groups is 2. The molecule has 5 nitrogen and oxygen atoms in total. The average Bonchev–Trinajstić information content (AvgIpc) is 3.07. The van der Waals surface area contributed by atoms with Gasteiger partial charge in [-0.3, -0.25) is 9.59 Å². The summed E-state index contributed by atoms with van der Waals surface area (Å²) in [6, 6.07) is 10.5. The fraction of sp³-hybridized carbons (Fsp3) is 0.600. The maximum atomic E-state index is 12.3. The predicted molar refractivity (Wildman–Crippen MR) is 95.8 cm³/mol. The quantitative estimate of drug-likeness (QED) is 0.855. The van der Waals surface area contributed by atoms with E-state index < -0.39 is 6.10 Å². The van der Waals surface area contributed by atoms with Gasteiger partial charge in [0.1, 0.15) is 0 Å². The number of nitrogens with one attached hydrogen (secondary N) is 1. The van der Waals surface area contributed by atoms with E-state index in [2.05, 4.69) is 29.6 Å². The smallest absolute Gasteiger partial charge is 0.241 e. The SMILES string of the molecule is O=C(NCC(=O)N1CCC(Cc2ccccc2)CC1)C1CCCC1O. The van der Waals surface area contributed by atoms with Crippen LogP contribution in [0.25, 0.3) is 0 Å². The van der Waals surface area contributed by atoms with Crippen LogP contribution in [-0.4, -0.2) is 47.6 Å². The van der Waals surface area contributed by atoms with Crippen LogP contribution in [0.15, 0.2) is 30.3 Å². The molecule has 2 N–H and O–H groups in total. The molecular weight excluding hydrogens is 316 g/mol. The molecule has 1 aliphatic heterocycles. The second-order valence-corrected chi connectivity index (χ2v) is 7.34. The average molecular weight is 344 g/mol. The van der Waals surface area contributed by atoms with Gasteiger partial charge in [-0.25, -0.2) is 0 Å². The third kappa shape index (κ3) is 4.82. The molecule has 0 bridgehead atoms. The molecule has 1 aliphatic carbocycles. The molecule has 0 spiro atoms. The van der Waals surface area contributed by atoms with E-state index in [9.17, 15) is 14.7 Å². The molecule has 5 heteroatoms. The van der Waals surface area contributed by atoms with Crippen LogP contribution in [0.4, 0.5) is 0 Å². The Hall–Kier alpha value is -1.88. The third-order valence-electron chi connectivity index (χ3n) is 5.56. The molecule has 1 saturated carbocycles. The molecule has 2 atom stereocenters. The number of hydrogen-bond donors (Lipinski definition) is 2. The van der Waals surface area contributed by atoms with Crippen LogP contribution in [0.2, 0.25) is 0 Å². The summed E-state index contributed by atoms with van der Waals surface area (Å²) >= 11 is 0. The third-order valence-corrected chi connectivity index (χ3v) is 5.56. The minimum Gasteiger partial charge on any atom is -0.392 e. The number of benzene rings is 1. The highest BCUT2D eigenvalue weighted by atomic mass is 16.3. The van der Waals surface area contributed by atoms with Gasteiger partial charge in [-0.05, 0) is 50.0 Å². The fourth-order valence-electron chi connectivity index (χ4n) is 3.99. The molecule has 2 fully saturated rings. The second-order valence-electron chi connectivity index (χ2n) is 7.34. The van der Waals surface area contributed by atoms with E-state index in [0.717, 1.165) is 38.8 Å². The number of aliphatic hydroxyl groups excluding tert-OH is 1. The number of piperidine rings is 1. The van der Waals surface area contributed by atoms with Crippen molar-refractivity contribution in [2.24, 2.45) is 11.8 Å². The normalized spacial score (nSPS) is 24.3. The monoisotopic (exact) mass is 344 g/mol. The Morgan fingerprint density at radius 1 is 1.08 bits per heavy atom. The fourth-order valence-corrected chi connectivity index (χ4v) is 3.99. The van der Waals surface area contributed by atoms with Crippen molar-refractivity contribution in [3.63, 3.8) is 0 Å². The molecule has 1 aromatic rings. The second kappa shape index (κ2) is 8.48. The zero-order chi connectivity index (χ0) is 17.6. The number of nitrogens with zero attached hydrogens (tertiary/aromatic N) is 1. The molecule has 25 heavy (non-hydrogen) atoms. The molecule has 1 aromatic carbocycles. The lowest BCUT2D eigenvalue weighted by Gasteiger charge is -2.32. The van der Waals surface area contributed by atoms with E-state index in [4.69, 9.17) is 0 Å². The van der Waals surface area contributed by atoms with Crippen LogP contribution in [0.3, 0.4) is 0 Å². The van der Waals surface area contributed by atoms with Crippen molar-refractivity contribution in [3.8, 4) is 0 Å².